The van der Waals surface area contributed by atoms with E-state index in [0.717, 1.165) is 31.1 Å². The molecule has 0 radical (unpaired) electrons. The van der Waals surface area contributed by atoms with Crippen molar-refractivity contribution in [2.24, 2.45) is 0 Å². The van der Waals surface area contributed by atoms with Crippen LogP contribution in [0.25, 0.3) is 0 Å². The predicted molar refractivity (Wildman–Crippen MR) is 80.4 cm³/mol. The summed E-state index contributed by atoms with van der Waals surface area (Å²) in [5.74, 6) is 1.59. The van der Waals surface area contributed by atoms with Crippen molar-refractivity contribution in [2.75, 3.05) is 39.5 Å². The maximum atomic E-state index is 8.64. The van der Waals surface area contributed by atoms with Crippen LogP contribution in [0.15, 0.2) is 18.2 Å². The Bertz CT molecular complexity index is 372. The molecular formula is C15H26N2O3. The Balaban J connectivity index is 2.43. The van der Waals surface area contributed by atoms with Gasteiger partial charge in [0, 0.05) is 26.2 Å². The van der Waals surface area contributed by atoms with Crippen molar-refractivity contribution in [1.82, 2.24) is 10.6 Å². The van der Waals surface area contributed by atoms with Crippen LogP contribution in [0.4, 0.5) is 0 Å². The van der Waals surface area contributed by atoms with Gasteiger partial charge in [0.05, 0.1) is 19.8 Å². The minimum atomic E-state index is 0.177. The molecule has 3 N–H and O–H groups in total. The van der Waals surface area contributed by atoms with Crippen molar-refractivity contribution in [3.05, 3.63) is 23.8 Å². The molecule has 5 heteroatoms. The average molecular weight is 282 g/mol. The molecule has 0 unspecified atom stereocenters. The predicted octanol–water partition coefficient (Wildman–Crippen LogP) is 1.16. The van der Waals surface area contributed by atoms with Gasteiger partial charge in [-0.05, 0) is 31.5 Å². The summed E-state index contributed by atoms with van der Waals surface area (Å²) in [6, 6.07) is 6.01. The minimum Gasteiger partial charge on any atom is -0.490 e. The average Bonchev–Trinajstić information content (AvgIpc) is 2.46. The molecule has 20 heavy (non-hydrogen) atoms. The summed E-state index contributed by atoms with van der Waals surface area (Å²) < 4.78 is 11.1. The van der Waals surface area contributed by atoms with Crippen LogP contribution >= 0.6 is 0 Å². The molecule has 0 atom stereocenters. The number of ether oxygens (including phenoxy) is 2. The lowest BCUT2D eigenvalue weighted by Crippen LogP contribution is -2.28. The van der Waals surface area contributed by atoms with Crippen molar-refractivity contribution < 1.29 is 14.6 Å². The summed E-state index contributed by atoms with van der Waals surface area (Å²) in [6.45, 7) is 8.49. The highest BCUT2D eigenvalue weighted by Crippen LogP contribution is 2.28. The Kier molecular flexibility index (Phi) is 8.78. The van der Waals surface area contributed by atoms with Crippen LogP contribution < -0.4 is 20.1 Å². The van der Waals surface area contributed by atoms with Crippen LogP contribution in [-0.2, 0) is 6.54 Å². The number of hydrogen-bond donors (Lipinski definition) is 3. The molecule has 0 fully saturated rings. The van der Waals surface area contributed by atoms with Crippen molar-refractivity contribution in [2.45, 2.75) is 20.4 Å². The summed E-state index contributed by atoms with van der Waals surface area (Å²) in [4.78, 5) is 0. The summed E-state index contributed by atoms with van der Waals surface area (Å²) >= 11 is 0. The smallest absolute Gasteiger partial charge is 0.161 e. The van der Waals surface area contributed by atoms with Gasteiger partial charge in [-0.15, -0.1) is 0 Å². The summed E-state index contributed by atoms with van der Waals surface area (Å²) in [6.07, 6.45) is 0. The lowest BCUT2D eigenvalue weighted by Gasteiger charge is -2.13. The van der Waals surface area contributed by atoms with Crippen LogP contribution in [0, 0.1) is 0 Å². The van der Waals surface area contributed by atoms with Crippen LogP contribution in [0.2, 0.25) is 0 Å². The van der Waals surface area contributed by atoms with Gasteiger partial charge in [0.2, 0.25) is 0 Å². The molecule has 1 aromatic rings. The van der Waals surface area contributed by atoms with Gasteiger partial charge in [-0.2, -0.15) is 0 Å². The van der Waals surface area contributed by atoms with Gasteiger partial charge in [0.25, 0.3) is 0 Å². The number of aliphatic hydroxyl groups is 1. The first-order chi connectivity index (χ1) is 9.81. The number of rotatable bonds is 11. The first kappa shape index (κ1) is 16.8. The van der Waals surface area contributed by atoms with E-state index in [1.165, 1.54) is 5.56 Å². The normalized spacial score (nSPS) is 10.6. The van der Waals surface area contributed by atoms with E-state index in [1.54, 1.807) is 0 Å². The first-order valence-corrected chi connectivity index (χ1v) is 7.22. The number of aliphatic hydroxyl groups excluding tert-OH is 1. The van der Waals surface area contributed by atoms with Crippen LogP contribution in [0.5, 0.6) is 11.5 Å². The fraction of sp³-hybridized carbons (Fsp3) is 0.600. The van der Waals surface area contributed by atoms with Crippen molar-refractivity contribution in [3.8, 4) is 11.5 Å². The van der Waals surface area contributed by atoms with E-state index in [-0.39, 0.29) is 6.61 Å². The zero-order valence-electron chi connectivity index (χ0n) is 12.4. The lowest BCUT2D eigenvalue weighted by atomic mass is 10.2. The van der Waals surface area contributed by atoms with Crippen LogP contribution in [-0.4, -0.2) is 44.6 Å². The number of hydrogen-bond acceptors (Lipinski definition) is 5. The fourth-order valence-electron chi connectivity index (χ4n) is 1.82. The Morgan fingerprint density at radius 1 is 0.950 bits per heavy atom. The third-order valence-corrected chi connectivity index (χ3v) is 2.70. The monoisotopic (exact) mass is 282 g/mol. The van der Waals surface area contributed by atoms with Gasteiger partial charge in [-0.3, -0.25) is 0 Å². The van der Waals surface area contributed by atoms with Gasteiger partial charge in [-0.1, -0.05) is 6.07 Å². The van der Waals surface area contributed by atoms with E-state index in [2.05, 4.69) is 10.6 Å². The molecule has 0 aromatic heterocycles. The Hall–Kier alpha value is -1.30. The molecule has 0 aliphatic carbocycles. The molecule has 0 spiro atoms. The van der Waals surface area contributed by atoms with E-state index >= 15 is 0 Å². The van der Waals surface area contributed by atoms with Crippen LogP contribution in [0.1, 0.15) is 19.4 Å². The fourth-order valence-corrected chi connectivity index (χ4v) is 1.82. The SMILES string of the molecule is CCOc1ccc(CNCCNCCO)cc1OCC. The zero-order valence-corrected chi connectivity index (χ0v) is 12.4. The molecule has 0 heterocycles. The molecule has 0 saturated carbocycles. The second-order valence-corrected chi connectivity index (χ2v) is 4.30. The standard InChI is InChI=1S/C15H26N2O3/c1-3-19-14-6-5-13(11-15(14)20-4-2)12-17-8-7-16-9-10-18/h5-6,11,16-18H,3-4,7-10,12H2,1-2H3. The van der Waals surface area contributed by atoms with Gasteiger partial charge in [0.15, 0.2) is 11.5 Å². The second-order valence-electron chi connectivity index (χ2n) is 4.30. The van der Waals surface area contributed by atoms with Crippen molar-refractivity contribution >= 4 is 0 Å². The molecule has 0 saturated heterocycles. The Labute approximate surface area is 121 Å². The van der Waals surface area contributed by atoms with Gasteiger partial charge in [-0.25, -0.2) is 0 Å². The van der Waals surface area contributed by atoms with E-state index in [9.17, 15) is 0 Å². The number of nitrogens with one attached hydrogen (secondary N) is 2. The van der Waals surface area contributed by atoms with Gasteiger partial charge < -0.3 is 25.2 Å². The molecule has 0 aliphatic heterocycles. The van der Waals surface area contributed by atoms with E-state index < -0.39 is 0 Å². The third-order valence-electron chi connectivity index (χ3n) is 2.70. The highest BCUT2D eigenvalue weighted by molar-refractivity contribution is 5.43. The third kappa shape index (κ3) is 6.23. The Morgan fingerprint density at radius 2 is 1.65 bits per heavy atom. The lowest BCUT2D eigenvalue weighted by molar-refractivity contribution is 0.287. The largest absolute Gasteiger partial charge is 0.490 e. The van der Waals surface area contributed by atoms with E-state index in [4.69, 9.17) is 14.6 Å². The molecule has 114 valence electrons. The Morgan fingerprint density at radius 3 is 2.35 bits per heavy atom. The van der Waals surface area contributed by atoms with Gasteiger partial charge in [0.1, 0.15) is 0 Å². The number of benzene rings is 1. The quantitative estimate of drug-likeness (QED) is 0.532. The second kappa shape index (κ2) is 10.5. The summed E-state index contributed by atoms with van der Waals surface area (Å²) in [7, 11) is 0. The zero-order chi connectivity index (χ0) is 14.6. The topological polar surface area (TPSA) is 62.8 Å². The molecule has 0 amide bonds. The highest BCUT2D eigenvalue weighted by atomic mass is 16.5. The molecule has 1 aromatic carbocycles. The van der Waals surface area contributed by atoms with E-state index in [1.807, 2.05) is 32.0 Å². The summed E-state index contributed by atoms with van der Waals surface area (Å²) in [5, 5.41) is 15.1. The first-order valence-electron chi connectivity index (χ1n) is 7.22. The van der Waals surface area contributed by atoms with E-state index in [0.29, 0.717) is 19.8 Å². The maximum absolute atomic E-state index is 8.64. The molecular weight excluding hydrogens is 256 g/mol. The minimum absolute atomic E-state index is 0.177. The van der Waals surface area contributed by atoms with Crippen LogP contribution in [0.3, 0.4) is 0 Å². The molecule has 0 aliphatic rings. The maximum Gasteiger partial charge on any atom is 0.161 e. The van der Waals surface area contributed by atoms with Crippen molar-refractivity contribution in [3.63, 3.8) is 0 Å². The molecule has 1 rings (SSSR count). The van der Waals surface area contributed by atoms with Crippen molar-refractivity contribution in [1.29, 1.82) is 0 Å². The molecule has 5 nitrogen and oxygen atoms in total. The van der Waals surface area contributed by atoms with Gasteiger partial charge >= 0.3 is 0 Å². The summed E-state index contributed by atoms with van der Waals surface area (Å²) in [5.41, 5.74) is 1.17. The molecule has 0 bridgehead atoms. The highest BCUT2D eigenvalue weighted by Gasteiger charge is 2.05.